The van der Waals surface area contributed by atoms with Gasteiger partial charge in [0.1, 0.15) is 11.9 Å². The summed E-state index contributed by atoms with van der Waals surface area (Å²) < 4.78 is 13.4. The molecule has 4 rings (SSSR count). The number of carbonyl (C=O) groups is 1. The molecule has 2 aromatic carbocycles. The molecule has 1 aliphatic heterocycles. The van der Waals surface area contributed by atoms with E-state index in [1.54, 1.807) is 12.1 Å². The van der Waals surface area contributed by atoms with Crippen LogP contribution >= 0.6 is 0 Å². The zero-order chi connectivity index (χ0) is 21.1. The van der Waals surface area contributed by atoms with E-state index in [4.69, 9.17) is 0 Å². The fourth-order valence-electron chi connectivity index (χ4n) is 4.84. The van der Waals surface area contributed by atoms with Gasteiger partial charge < -0.3 is 15.3 Å². The molecule has 6 heteroatoms. The van der Waals surface area contributed by atoms with Crippen molar-refractivity contribution in [2.75, 3.05) is 6.61 Å². The number of likely N-dealkylation sites (tertiary alicyclic amines) is 1. The number of nitrogens with one attached hydrogen (secondary N) is 1. The molecule has 1 saturated carbocycles. The van der Waals surface area contributed by atoms with Crippen LogP contribution in [0, 0.1) is 17.1 Å². The van der Waals surface area contributed by atoms with Crippen molar-refractivity contribution in [2.45, 2.75) is 56.1 Å². The summed E-state index contributed by atoms with van der Waals surface area (Å²) in [6.07, 6.45) is 5.31. The lowest BCUT2D eigenvalue weighted by atomic mass is 9.73. The number of rotatable bonds is 4. The van der Waals surface area contributed by atoms with Crippen LogP contribution in [0.1, 0.15) is 43.6 Å². The molecule has 2 fully saturated rings. The van der Waals surface area contributed by atoms with Crippen LogP contribution in [0.3, 0.4) is 0 Å². The van der Waals surface area contributed by atoms with Gasteiger partial charge in [-0.3, -0.25) is 0 Å². The van der Waals surface area contributed by atoms with Crippen LogP contribution in [0.5, 0.6) is 0 Å². The zero-order valence-corrected chi connectivity index (χ0v) is 16.8. The summed E-state index contributed by atoms with van der Waals surface area (Å²) in [5.74, 6) is -0.619. The van der Waals surface area contributed by atoms with E-state index >= 15 is 0 Å². The smallest absolute Gasteiger partial charge is 0.319 e. The SMILES string of the molecule is N#C[C@@H]1[C@@H](c2ccccc2-c2ccc(F)cc2)[C@H](CO)N1C(=O)NC1CCCCC1. The molecule has 0 bridgehead atoms. The molecule has 0 unspecified atom stereocenters. The Bertz CT molecular complexity index is 934. The van der Waals surface area contributed by atoms with Crippen LogP contribution in [0.4, 0.5) is 9.18 Å². The molecule has 2 aromatic rings. The second-order valence-electron chi connectivity index (χ2n) is 8.14. The summed E-state index contributed by atoms with van der Waals surface area (Å²) in [6, 6.07) is 14.8. The van der Waals surface area contributed by atoms with Crippen molar-refractivity contribution in [3.8, 4) is 17.2 Å². The Morgan fingerprint density at radius 1 is 1.13 bits per heavy atom. The van der Waals surface area contributed by atoms with E-state index in [1.165, 1.54) is 23.5 Å². The van der Waals surface area contributed by atoms with Crippen molar-refractivity contribution in [3.63, 3.8) is 0 Å². The number of urea groups is 1. The number of nitriles is 1. The van der Waals surface area contributed by atoms with Gasteiger partial charge in [0.2, 0.25) is 0 Å². The fourth-order valence-corrected chi connectivity index (χ4v) is 4.84. The topological polar surface area (TPSA) is 76.4 Å². The van der Waals surface area contributed by atoms with Crippen molar-refractivity contribution in [2.24, 2.45) is 0 Å². The summed E-state index contributed by atoms with van der Waals surface area (Å²) in [4.78, 5) is 14.4. The van der Waals surface area contributed by atoms with Crippen LogP contribution in [0.25, 0.3) is 11.1 Å². The highest BCUT2D eigenvalue weighted by Crippen LogP contribution is 2.44. The summed E-state index contributed by atoms with van der Waals surface area (Å²) in [5.41, 5.74) is 2.61. The highest BCUT2D eigenvalue weighted by Gasteiger charge is 2.52. The maximum Gasteiger partial charge on any atom is 0.319 e. The molecular formula is C24H26FN3O2. The first-order chi connectivity index (χ1) is 14.6. The molecule has 156 valence electrons. The number of aliphatic hydroxyl groups excluding tert-OH is 1. The number of hydrogen-bond acceptors (Lipinski definition) is 3. The molecule has 2 N–H and O–H groups in total. The van der Waals surface area contributed by atoms with Gasteiger partial charge in [-0.2, -0.15) is 5.26 Å². The average molecular weight is 407 g/mol. The number of benzene rings is 2. The number of carbonyl (C=O) groups excluding carboxylic acids is 1. The Labute approximate surface area is 176 Å². The maximum absolute atomic E-state index is 13.4. The maximum atomic E-state index is 13.4. The average Bonchev–Trinajstić information content (AvgIpc) is 2.75. The fraction of sp³-hybridized carbons (Fsp3) is 0.417. The minimum absolute atomic E-state index is 0.135. The lowest BCUT2D eigenvalue weighted by molar-refractivity contribution is 0.0155. The molecule has 30 heavy (non-hydrogen) atoms. The van der Waals surface area contributed by atoms with Crippen LogP contribution in [0.15, 0.2) is 48.5 Å². The van der Waals surface area contributed by atoms with Gasteiger partial charge in [-0.1, -0.05) is 55.7 Å². The summed E-state index contributed by atoms with van der Waals surface area (Å²) in [6.45, 7) is -0.224. The Morgan fingerprint density at radius 3 is 2.50 bits per heavy atom. The molecule has 1 aliphatic carbocycles. The predicted octanol–water partition coefficient (Wildman–Crippen LogP) is 4.19. The highest BCUT2D eigenvalue weighted by atomic mass is 19.1. The standard InChI is InChI=1S/C24H26FN3O2/c25-17-12-10-16(11-13-17)19-8-4-5-9-20(19)23-21(14-26)28(22(23)15-29)24(30)27-18-6-2-1-3-7-18/h4-5,8-13,18,21-23,29H,1-3,6-7,15H2,(H,27,30)/t21-,22+,23-/m1/s1. The van der Waals surface area contributed by atoms with E-state index in [0.29, 0.717) is 0 Å². The van der Waals surface area contributed by atoms with E-state index in [-0.39, 0.29) is 30.4 Å². The molecule has 2 aliphatic rings. The third-order valence-corrected chi connectivity index (χ3v) is 6.37. The quantitative estimate of drug-likeness (QED) is 0.798. The van der Waals surface area contributed by atoms with Crippen molar-refractivity contribution < 1.29 is 14.3 Å². The van der Waals surface area contributed by atoms with Gasteiger partial charge in [0.15, 0.2) is 0 Å². The lowest BCUT2D eigenvalue weighted by Crippen LogP contribution is -2.68. The Morgan fingerprint density at radius 2 is 1.83 bits per heavy atom. The van der Waals surface area contributed by atoms with E-state index in [0.717, 1.165) is 42.4 Å². The molecule has 1 heterocycles. The van der Waals surface area contributed by atoms with Gasteiger partial charge in [-0.05, 0) is 41.7 Å². The van der Waals surface area contributed by atoms with Crippen LogP contribution < -0.4 is 5.32 Å². The Kier molecular flexibility index (Phi) is 6.01. The molecule has 0 spiro atoms. The van der Waals surface area contributed by atoms with Crippen LogP contribution in [-0.2, 0) is 0 Å². The van der Waals surface area contributed by atoms with E-state index in [1.807, 2.05) is 24.3 Å². The number of nitrogens with zero attached hydrogens (tertiary/aromatic N) is 2. The van der Waals surface area contributed by atoms with Crippen molar-refractivity contribution in [1.82, 2.24) is 10.2 Å². The minimum atomic E-state index is -0.660. The van der Waals surface area contributed by atoms with Gasteiger partial charge in [0.25, 0.3) is 0 Å². The van der Waals surface area contributed by atoms with E-state index in [9.17, 15) is 19.6 Å². The van der Waals surface area contributed by atoms with E-state index in [2.05, 4.69) is 11.4 Å². The Balaban J connectivity index is 1.60. The van der Waals surface area contributed by atoms with E-state index < -0.39 is 12.1 Å². The van der Waals surface area contributed by atoms with Gasteiger partial charge >= 0.3 is 6.03 Å². The third kappa shape index (κ3) is 3.78. The number of aliphatic hydroxyl groups is 1. The van der Waals surface area contributed by atoms with Gasteiger partial charge in [-0.25, -0.2) is 9.18 Å². The number of hydrogen-bond donors (Lipinski definition) is 2. The number of halogens is 1. The summed E-state index contributed by atoms with van der Waals surface area (Å²) >= 11 is 0. The monoisotopic (exact) mass is 407 g/mol. The zero-order valence-electron chi connectivity index (χ0n) is 16.8. The molecule has 0 aromatic heterocycles. The Hall–Kier alpha value is -2.91. The van der Waals surface area contributed by atoms with Crippen LogP contribution in [0.2, 0.25) is 0 Å². The summed E-state index contributed by atoms with van der Waals surface area (Å²) in [7, 11) is 0. The first-order valence-electron chi connectivity index (χ1n) is 10.6. The molecule has 0 radical (unpaired) electrons. The first kappa shape index (κ1) is 20.4. The lowest BCUT2D eigenvalue weighted by Gasteiger charge is -2.52. The molecule has 1 saturated heterocycles. The predicted molar refractivity (Wildman–Crippen MR) is 112 cm³/mol. The number of amides is 2. The molecular weight excluding hydrogens is 381 g/mol. The van der Waals surface area contributed by atoms with Gasteiger partial charge in [-0.15, -0.1) is 0 Å². The first-order valence-corrected chi connectivity index (χ1v) is 10.6. The third-order valence-electron chi connectivity index (χ3n) is 6.37. The van der Waals surface area contributed by atoms with Crippen molar-refractivity contribution >= 4 is 6.03 Å². The minimum Gasteiger partial charge on any atom is -0.394 e. The van der Waals surface area contributed by atoms with Crippen molar-refractivity contribution in [3.05, 3.63) is 59.9 Å². The van der Waals surface area contributed by atoms with Crippen LogP contribution in [-0.4, -0.2) is 40.8 Å². The normalized spacial score (nSPS) is 24.0. The molecule has 3 atom stereocenters. The van der Waals surface area contributed by atoms with Gasteiger partial charge in [0.05, 0.1) is 18.7 Å². The van der Waals surface area contributed by atoms with Crippen molar-refractivity contribution in [1.29, 1.82) is 5.26 Å². The second-order valence-corrected chi connectivity index (χ2v) is 8.14. The largest absolute Gasteiger partial charge is 0.394 e. The second kappa shape index (κ2) is 8.85. The molecule has 2 amide bonds. The summed E-state index contributed by atoms with van der Waals surface area (Å²) in [5, 5.41) is 23.0. The molecule has 5 nitrogen and oxygen atoms in total. The van der Waals surface area contributed by atoms with Gasteiger partial charge in [0, 0.05) is 12.0 Å². The highest BCUT2D eigenvalue weighted by molar-refractivity contribution is 5.79.